The molecule has 0 spiro atoms. The molecule has 0 aliphatic carbocycles. The maximum atomic E-state index is 12.8. The van der Waals surface area contributed by atoms with Crippen LogP contribution in [0.3, 0.4) is 0 Å². The summed E-state index contributed by atoms with van der Waals surface area (Å²) in [6, 6.07) is 17.6. The molecule has 5 nitrogen and oxygen atoms in total. The van der Waals surface area contributed by atoms with Crippen molar-refractivity contribution in [1.29, 1.82) is 0 Å². The molecule has 1 N–H and O–H groups in total. The van der Waals surface area contributed by atoms with Gasteiger partial charge in [0.05, 0.1) is 16.2 Å². The number of fused-ring (bicyclic) bond motifs is 1. The van der Waals surface area contributed by atoms with Crippen molar-refractivity contribution < 1.29 is 4.79 Å². The van der Waals surface area contributed by atoms with E-state index in [4.69, 9.17) is 0 Å². The Morgan fingerprint density at radius 1 is 1.10 bits per heavy atom. The number of hydrogen-bond acceptors (Lipinski definition) is 4. The molecule has 29 heavy (non-hydrogen) atoms. The lowest BCUT2D eigenvalue weighted by atomic mass is 9.96. The molecule has 1 aromatic heterocycles. The third-order valence-electron chi connectivity index (χ3n) is 5.08. The van der Waals surface area contributed by atoms with Crippen LogP contribution in [0.5, 0.6) is 0 Å². The highest BCUT2D eigenvalue weighted by molar-refractivity contribution is 8.00. The van der Waals surface area contributed by atoms with E-state index in [1.165, 1.54) is 17.3 Å². The minimum absolute atomic E-state index is 0.0468. The number of rotatable bonds is 8. The standard InChI is InChI=1S/C23H27N3O2S/c1-4-17(18-11-7-6-8-12-18)15-24-21(27)16(3)29-23-25-20-14-10-9-13-19(20)22(28)26(23)5-2/h6-14,16-17H,4-5,15H2,1-3H3,(H,24,27)/t16-,17-/m1/s1. The van der Waals surface area contributed by atoms with Gasteiger partial charge in [-0.05, 0) is 38.0 Å². The number of amides is 1. The Hall–Kier alpha value is -2.60. The number of carbonyl (C=O) groups is 1. The van der Waals surface area contributed by atoms with Gasteiger partial charge in [-0.15, -0.1) is 0 Å². The van der Waals surface area contributed by atoms with Gasteiger partial charge in [0.2, 0.25) is 5.91 Å². The van der Waals surface area contributed by atoms with Gasteiger partial charge in [-0.25, -0.2) is 4.98 Å². The van der Waals surface area contributed by atoms with Gasteiger partial charge in [0.25, 0.3) is 5.56 Å². The second-order valence-electron chi connectivity index (χ2n) is 6.98. The van der Waals surface area contributed by atoms with Crippen LogP contribution in [0, 0.1) is 0 Å². The fourth-order valence-corrected chi connectivity index (χ4v) is 4.32. The molecule has 0 bridgehead atoms. The molecule has 0 aliphatic heterocycles. The predicted molar refractivity (Wildman–Crippen MR) is 119 cm³/mol. The van der Waals surface area contributed by atoms with Crippen molar-refractivity contribution in [3.05, 3.63) is 70.5 Å². The van der Waals surface area contributed by atoms with E-state index in [1.54, 1.807) is 10.6 Å². The zero-order valence-corrected chi connectivity index (χ0v) is 17.9. The van der Waals surface area contributed by atoms with Crippen molar-refractivity contribution in [2.24, 2.45) is 0 Å². The van der Waals surface area contributed by atoms with Gasteiger partial charge in [0.1, 0.15) is 0 Å². The molecule has 0 fully saturated rings. The second kappa shape index (κ2) is 9.74. The predicted octanol–water partition coefficient (Wildman–Crippen LogP) is 4.21. The zero-order chi connectivity index (χ0) is 20.8. The highest BCUT2D eigenvalue weighted by Gasteiger charge is 2.20. The Morgan fingerprint density at radius 3 is 2.48 bits per heavy atom. The first-order chi connectivity index (χ1) is 14.0. The van der Waals surface area contributed by atoms with Crippen LogP contribution in [-0.4, -0.2) is 27.3 Å². The van der Waals surface area contributed by atoms with Gasteiger partial charge in [-0.2, -0.15) is 0 Å². The quantitative estimate of drug-likeness (QED) is 0.447. The van der Waals surface area contributed by atoms with Crippen molar-refractivity contribution in [2.45, 2.75) is 50.1 Å². The van der Waals surface area contributed by atoms with E-state index >= 15 is 0 Å². The van der Waals surface area contributed by atoms with E-state index in [0.717, 1.165) is 6.42 Å². The lowest BCUT2D eigenvalue weighted by Crippen LogP contribution is -2.34. The molecule has 2 atom stereocenters. The van der Waals surface area contributed by atoms with Gasteiger partial charge >= 0.3 is 0 Å². The summed E-state index contributed by atoms with van der Waals surface area (Å²) in [7, 11) is 0. The Kier molecular flexibility index (Phi) is 7.09. The number of para-hydroxylation sites is 1. The number of aromatic nitrogens is 2. The van der Waals surface area contributed by atoms with Crippen molar-refractivity contribution in [1.82, 2.24) is 14.9 Å². The molecule has 3 aromatic rings. The summed E-state index contributed by atoms with van der Waals surface area (Å²) in [5.41, 5.74) is 1.82. The van der Waals surface area contributed by atoms with Crippen LogP contribution in [0.1, 0.15) is 38.7 Å². The molecule has 0 radical (unpaired) electrons. The topological polar surface area (TPSA) is 64.0 Å². The van der Waals surface area contributed by atoms with Gasteiger partial charge < -0.3 is 5.32 Å². The summed E-state index contributed by atoms with van der Waals surface area (Å²) in [5.74, 6) is 0.236. The second-order valence-corrected chi connectivity index (χ2v) is 8.29. The molecule has 152 valence electrons. The molecular formula is C23H27N3O2S. The molecule has 6 heteroatoms. The molecule has 0 saturated carbocycles. The van der Waals surface area contributed by atoms with E-state index < -0.39 is 0 Å². The first-order valence-electron chi connectivity index (χ1n) is 10.0. The number of thioether (sulfide) groups is 1. The van der Waals surface area contributed by atoms with Crippen LogP contribution in [0.25, 0.3) is 10.9 Å². The summed E-state index contributed by atoms with van der Waals surface area (Å²) in [6.45, 7) is 7.00. The van der Waals surface area contributed by atoms with Crippen LogP contribution in [0.2, 0.25) is 0 Å². The maximum Gasteiger partial charge on any atom is 0.262 e. The van der Waals surface area contributed by atoms with Crippen LogP contribution in [0.4, 0.5) is 0 Å². The van der Waals surface area contributed by atoms with Crippen LogP contribution in [-0.2, 0) is 11.3 Å². The maximum absolute atomic E-state index is 12.8. The van der Waals surface area contributed by atoms with E-state index in [9.17, 15) is 9.59 Å². The van der Waals surface area contributed by atoms with E-state index in [1.807, 2.05) is 50.2 Å². The average Bonchev–Trinajstić information content (AvgIpc) is 2.75. The highest BCUT2D eigenvalue weighted by Crippen LogP contribution is 2.23. The minimum atomic E-state index is -0.353. The van der Waals surface area contributed by atoms with Gasteiger partial charge in [0, 0.05) is 19.0 Å². The molecule has 1 heterocycles. The molecule has 3 rings (SSSR count). The average molecular weight is 410 g/mol. The summed E-state index contributed by atoms with van der Waals surface area (Å²) in [6.07, 6.45) is 0.952. The summed E-state index contributed by atoms with van der Waals surface area (Å²) in [5, 5.41) is 3.89. The number of nitrogens with zero attached hydrogens (tertiary/aromatic N) is 2. The lowest BCUT2D eigenvalue weighted by molar-refractivity contribution is -0.120. The summed E-state index contributed by atoms with van der Waals surface area (Å²) >= 11 is 1.33. The fourth-order valence-electron chi connectivity index (χ4n) is 3.32. The largest absolute Gasteiger partial charge is 0.355 e. The number of hydrogen-bond donors (Lipinski definition) is 1. The molecule has 0 unspecified atom stereocenters. The van der Waals surface area contributed by atoms with Crippen LogP contribution >= 0.6 is 11.8 Å². The smallest absolute Gasteiger partial charge is 0.262 e. The Morgan fingerprint density at radius 2 is 1.79 bits per heavy atom. The lowest BCUT2D eigenvalue weighted by Gasteiger charge is -2.19. The molecular weight excluding hydrogens is 382 g/mol. The SMILES string of the molecule is CC[C@H](CNC(=O)[C@@H](C)Sc1nc2ccccc2c(=O)n1CC)c1ccccc1. The van der Waals surface area contributed by atoms with Gasteiger partial charge in [0.15, 0.2) is 5.16 Å². The first kappa shape index (κ1) is 21.1. The monoisotopic (exact) mass is 409 g/mol. The first-order valence-corrected chi connectivity index (χ1v) is 10.9. The Balaban J connectivity index is 1.72. The molecule has 0 aliphatic rings. The van der Waals surface area contributed by atoms with E-state index in [-0.39, 0.29) is 22.6 Å². The zero-order valence-electron chi connectivity index (χ0n) is 17.1. The highest BCUT2D eigenvalue weighted by atomic mass is 32.2. The Bertz CT molecular complexity index is 1030. The fraction of sp³-hybridized carbons (Fsp3) is 0.348. The van der Waals surface area contributed by atoms with E-state index in [0.29, 0.717) is 29.1 Å². The molecule has 2 aromatic carbocycles. The van der Waals surface area contributed by atoms with Crippen molar-refractivity contribution >= 4 is 28.6 Å². The molecule has 1 amide bonds. The minimum Gasteiger partial charge on any atom is -0.355 e. The third kappa shape index (κ3) is 4.88. The molecule has 0 saturated heterocycles. The van der Waals surface area contributed by atoms with Gasteiger partial charge in [-0.1, -0.05) is 61.2 Å². The summed E-state index contributed by atoms with van der Waals surface area (Å²) in [4.78, 5) is 30.1. The third-order valence-corrected chi connectivity index (χ3v) is 6.17. The van der Waals surface area contributed by atoms with E-state index in [2.05, 4.69) is 29.4 Å². The summed E-state index contributed by atoms with van der Waals surface area (Å²) < 4.78 is 1.63. The van der Waals surface area contributed by atoms with Crippen molar-refractivity contribution in [2.75, 3.05) is 6.54 Å². The van der Waals surface area contributed by atoms with Crippen molar-refractivity contribution in [3.8, 4) is 0 Å². The van der Waals surface area contributed by atoms with Crippen LogP contribution in [0.15, 0.2) is 64.5 Å². The Labute approximate surface area is 175 Å². The normalized spacial score (nSPS) is 13.2. The van der Waals surface area contributed by atoms with Gasteiger partial charge in [-0.3, -0.25) is 14.2 Å². The van der Waals surface area contributed by atoms with Crippen LogP contribution < -0.4 is 10.9 Å². The number of carbonyl (C=O) groups excluding carboxylic acids is 1. The number of nitrogens with one attached hydrogen (secondary N) is 1. The van der Waals surface area contributed by atoms with Crippen molar-refractivity contribution in [3.63, 3.8) is 0 Å². The number of benzene rings is 2.